The van der Waals surface area contributed by atoms with Crippen LogP contribution in [-0.4, -0.2) is 23.9 Å². The first-order valence-corrected chi connectivity index (χ1v) is 4.29. The molecule has 14 heavy (non-hydrogen) atoms. The first kappa shape index (κ1) is 10.8. The number of ether oxygens (including phenoxy) is 1. The minimum Gasteiger partial charge on any atom is -0.505 e. The van der Waals surface area contributed by atoms with Crippen molar-refractivity contribution in [1.29, 1.82) is 0 Å². The van der Waals surface area contributed by atoms with Gasteiger partial charge in [0.05, 0.1) is 18.6 Å². The van der Waals surface area contributed by atoms with Gasteiger partial charge in [0.15, 0.2) is 17.3 Å². The third-order valence-electron chi connectivity index (χ3n) is 1.68. The van der Waals surface area contributed by atoms with Gasteiger partial charge in [-0.3, -0.25) is 4.79 Å². The number of rotatable bonds is 3. The third kappa shape index (κ3) is 1.96. The van der Waals surface area contributed by atoms with Gasteiger partial charge in [-0.05, 0) is 6.07 Å². The first-order chi connectivity index (χ1) is 6.60. The second-order valence-corrected chi connectivity index (χ2v) is 2.83. The monoisotopic (exact) mass is 218 g/mol. The number of methoxy groups -OCH3 is 1. The van der Waals surface area contributed by atoms with Crippen molar-refractivity contribution in [2.75, 3.05) is 13.0 Å². The van der Waals surface area contributed by atoms with Crippen LogP contribution in [0.25, 0.3) is 0 Å². The molecule has 1 rings (SSSR count). The Morgan fingerprint density at radius 1 is 1.64 bits per heavy atom. The number of halogens is 2. The van der Waals surface area contributed by atoms with Crippen LogP contribution in [0, 0.1) is 5.82 Å². The Kier molecular flexibility index (Phi) is 3.30. The molecule has 0 bridgehead atoms. The number of hydrogen-bond donors (Lipinski definition) is 1. The number of hydrogen-bond acceptors (Lipinski definition) is 3. The van der Waals surface area contributed by atoms with Crippen LogP contribution in [0.5, 0.6) is 11.5 Å². The van der Waals surface area contributed by atoms with Crippen molar-refractivity contribution < 1.29 is 19.0 Å². The summed E-state index contributed by atoms with van der Waals surface area (Å²) in [4.78, 5) is 11.1. The van der Waals surface area contributed by atoms with E-state index >= 15 is 0 Å². The van der Waals surface area contributed by atoms with E-state index < -0.39 is 17.3 Å². The van der Waals surface area contributed by atoms with Gasteiger partial charge in [0.2, 0.25) is 0 Å². The van der Waals surface area contributed by atoms with Gasteiger partial charge in [-0.25, -0.2) is 4.39 Å². The lowest BCUT2D eigenvalue weighted by Gasteiger charge is -2.05. The standard InChI is InChI=1S/C9H8ClFO3/c1-14-5-2-6(8(13)4-10)9(11)7(12)3-5/h2-3,12H,4H2,1H3. The molecule has 0 fully saturated rings. The van der Waals surface area contributed by atoms with Crippen LogP contribution in [0.3, 0.4) is 0 Å². The number of ketones is 1. The van der Waals surface area contributed by atoms with E-state index in [2.05, 4.69) is 0 Å². The summed E-state index contributed by atoms with van der Waals surface area (Å²) < 4.78 is 17.9. The van der Waals surface area contributed by atoms with E-state index in [4.69, 9.17) is 21.4 Å². The van der Waals surface area contributed by atoms with Crippen LogP contribution < -0.4 is 4.74 Å². The first-order valence-electron chi connectivity index (χ1n) is 3.75. The van der Waals surface area contributed by atoms with E-state index in [1.807, 2.05) is 0 Å². The summed E-state index contributed by atoms with van der Waals surface area (Å²) in [7, 11) is 1.35. The molecule has 0 heterocycles. The molecule has 0 aliphatic heterocycles. The van der Waals surface area contributed by atoms with E-state index in [-0.39, 0.29) is 17.2 Å². The smallest absolute Gasteiger partial charge is 0.180 e. The molecule has 0 aromatic heterocycles. The second kappa shape index (κ2) is 4.28. The molecule has 0 amide bonds. The summed E-state index contributed by atoms with van der Waals surface area (Å²) in [5, 5.41) is 9.11. The number of Topliss-reactive ketones (excluding diaryl/α,β-unsaturated/α-hetero) is 1. The number of alkyl halides is 1. The minimum absolute atomic E-state index is 0.206. The summed E-state index contributed by atoms with van der Waals surface area (Å²) in [6.45, 7) is 0. The largest absolute Gasteiger partial charge is 0.505 e. The van der Waals surface area contributed by atoms with Gasteiger partial charge in [-0.2, -0.15) is 0 Å². The lowest BCUT2D eigenvalue weighted by molar-refractivity contribution is 0.101. The lowest BCUT2D eigenvalue weighted by Crippen LogP contribution is -2.04. The molecule has 0 aliphatic carbocycles. The summed E-state index contributed by atoms with van der Waals surface area (Å²) >= 11 is 5.27. The van der Waals surface area contributed by atoms with E-state index in [1.165, 1.54) is 13.2 Å². The molecule has 0 aliphatic rings. The van der Waals surface area contributed by atoms with Crippen LogP contribution in [0.1, 0.15) is 10.4 Å². The third-order valence-corrected chi connectivity index (χ3v) is 1.93. The molecule has 0 spiro atoms. The zero-order valence-corrected chi connectivity index (χ0v) is 8.14. The van der Waals surface area contributed by atoms with Crippen molar-refractivity contribution >= 4 is 17.4 Å². The average Bonchev–Trinajstić information content (AvgIpc) is 2.20. The van der Waals surface area contributed by atoms with Gasteiger partial charge >= 0.3 is 0 Å². The zero-order chi connectivity index (χ0) is 10.7. The average molecular weight is 219 g/mol. The highest BCUT2D eigenvalue weighted by Crippen LogP contribution is 2.26. The molecule has 5 heteroatoms. The number of aromatic hydroxyl groups is 1. The van der Waals surface area contributed by atoms with Crippen LogP contribution in [-0.2, 0) is 0 Å². The molecule has 0 radical (unpaired) electrons. The van der Waals surface area contributed by atoms with E-state index in [0.29, 0.717) is 0 Å². The molecule has 0 saturated carbocycles. The van der Waals surface area contributed by atoms with Crippen molar-refractivity contribution in [1.82, 2.24) is 0 Å². The molecular weight excluding hydrogens is 211 g/mol. The lowest BCUT2D eigenvalue weighted by atomic mass is 10.1. The summed E-state index contributed by atoms with van der Waals surface area (Å²) in [5.41, 5.74) is -0.267. The van der Waals surface area contributed by atoms with Gasteiger partial charge in [0, 0.05) is 6.07 Å². The van der Waals surface area contributed by atoms with E-state index in [1.54, 1.807) is 0 Å². The SMILES string of the molecule is COc1cc(O)c(F)c(C(=O)CCl)c1. The Morgan fingerprint density at radius 2 is 2.29 bits per heavy atom. The Labute approximate surface area is 85.1 Å². The van der Waals surface area contributed by atoms with E-state index in [9.17, 15) is 9.18 Å². The molecule has 76 valence electrons. The van der Waals surface area contributed by atoms with Crippen molar-refractivity contribution in [2.24, 2.45) is 0 Å². The highest BCUT2D eigenvalue weighted by molar-refractivity contribution is 6.30. The molecular formula is C9H8ClFO3. The van der Waals surface area contributed by atoms with Gasteiger partial charge in [-0.15, -0.1) is 11.6 Å². The molecule has 1 aromatic rings. The molecule has 0 unspecified atom stereocenters. The predicted molar refractivity (Wildman–Crippen MR) is 49.7 cm³/mol. The Hall–Kier alpha value is -1.29. The Bertz CT molecular complexity index is 365. The van der Waals surface area contributed by atoms with Crippen LogP contribution in [0.4, 0.5) is 4.39 Å². The fraction of sp³-hybridized carbons (Fsp3) is 0.222. The zero-order valence-electron chi connectivity index (χ0n) is 7.38. The predicted octanol–water partition coefficient (Wildman–Crippen LogP) is 1.96. The maximum Gasteiger partial charge on any atom is 0.180 e. The number of phenols is 1. The molecule has 3 nitrogen and oxygen atoms in total. The maximum atomic E-state index is 13.2. The second-order valence-electron chi connectivity index (χ2n) is 2.56. The van der Waals surface area contributed by atoms with Crippen LogP contribution >= 0.6 is 11.6 Å². The Morgan fingerprint density at radius 3 is 2.79 bits per heavy atom. The fourth-order valence-corrected chi connectivity index (χ4v) is 1.12. The molecule has 1 aromatic carbocycles. The van der Waals surface area contributed by atoms with Crippen molar-refractivity contribution in [2.45, 2.75) is 0 Å². The normalized spacial score (nSPS) is 9.93. The maximum absolute atomic E-state index is 13.2. The summed E-state index contributed by atoms with van der Waals surface area (Å²) in [6, 6.07) is 2.28. The van der Waals surface area contributed by atoms with Crippen molar-refractivity contribution in [3.63, 3.8) is 0 Å². The van der Waals surface area contributed by atoms with Gasteiger partial charge in [0.1, 0.15) is 5.75 Å². The quantitative estimate of drug-likeness (QED) is 0.623. The van der Waals surface area contributed by atoms with Gasteiger partial charge in [0.25, 0.3) is 0 Å². The van der Waals surface area contributed by atoms with Gasteiger partial charge in [-0.1, -0.05) is 0 Å². The fourth-order valence-electron chi connectivity index (χ4n) is 0.976. The number of benzene rings is 1. The number of phenolic OH excluding ortho intramolecular Hbond substituents is 1. The Balaban J connectivity index is 3.27. The van der Waals surface area contributed by atoms with Crippen molar-refractivity contribution in [3.8, 4) is 11.5 Å². The summed E-state index contributed by atoms with van der Waals surface area (Å²) in [6.07, 6.45) is 0. The minimum atomic E-state index is -0.976. The highest BCUT2D eigenvalue weighted by Gasteiger charge is 2.16. The van der Waals surface area contributed by atoms with Crippen LogP contribution in [0.15, 0.2) is 12.1 Å². The van der Waals surface area contributed by atoms with Crippen LogP contribution in [0.2, 0.25) is 0 Å². The molecule has 0 atom stereocenters. The van der Waals surface area contributed by atoms with Crippen molar-refractivity contribution in [3.05, 3.63) is 23.5 Å². The molecule has 1 N–H and O–H groups in total. The summed E-state index contributed by atoms with van der Waals surface area (Å²) in [5.74, 6) is -2.34. The van der Waals surface area contributed by atoms with E-state index in [0.717, 1.165) is 6.07 Å². The number of carbonyl (C=O) groups excluding carboxylic acids is 1. The topological polar surface area (TPSA) is 46.5 Å². The van der Waals surface area contributed by atoms with Gasteiger partial charge < -0.3 is 9.84 Å². The highest BCUT2D eigenvalue weighted by atomic mass is 35.5. The molecule has 0 saturated heterocycles. The number of carbonyl (C=O) groups is 1.